The molecule has 0 saturated heterocycles. The number of nitrogens with two attached hydrogens (primary N) is 1. The summed E-state index contributed by atoms with van der Waals surface area (Å²) in [6.45, 7) is 2.60. The molecule has 0 aliphatic heterocycles. The first-order valence-electron chi connectivity index (χ1n) is 6.33. The average Bonchev–Trinajstić information content (AvgIpc) is 2.40. The lowest BCUT2D eigenvalue weighted by molar-refractivity contribution is 0.0786. The zero-order chi connectivity index (χ0) is 14.7. The SMILES string of the molecule is Cc1cccc(CN(C)C(=O)c2cc(Br)ccc2N)c1. The monoisotopic (exact) mass is 332 g/mol. The fourth-order valence-corrected chi connectivity index (χ4v) is 2.44. The number of nitrogen functional groups attached to an aromatic ring is 1. The lowest BCUT2D eigenvalue weighted by atomic mass is 10.1. The third-order valence-electron chi connectivity index (χ3n) is 3.09. The molecule has 0 aliphatic rings. The van der Waals surface area contributed by atoms with E-state index in [9.17, 15) is 4.79 Å². The van der Waals surface area contributed by atoms with E-state index in [1.807, 2.05) is 31.2 Å². The number of anilines is 1. The summed E-state index contributed by atoms with van der Waals surface area (Å²) < 4.78 is 0.846. The molecule has 20 heavy (non-hydrogen) atoms. The van der Waals surface area contributed by atoms with E-state index >= 15 is 0 Å². The van der Waals surface area contributed by atoms with Crippen molar-refractivity contribution in [3.05, 3.63) is 63.6 Å². The van der Waals surface area contributed by atoms with E-state index in [0.717, 1.165) is 10.0 Å². The number of halogens is 1. The zero-order valence-corrected chi connectivity index (χ0v) is 13.1. The van der Waals surface area contributed by atoms with Gasteiger partial charge < -0.3 is 10.6 Å². The molecule has 0 fully saturated rings. The van der Waals surface area contributed by atoms with Crippen molar-refractivity contribution < 1.29 is 4.79 Å². The average molecular weight is 333 g/mol. The summed E-state index contributed by atoms with van der Waals surface area (Å²) in [6.07, 6.45) is 0. The molecule has 0 aliphatic carbocycles. The minimum Gasteiger partial charge on any atom is -0.398 e. The van der Waals surface area contributed by atoms with Crippen molar-refractivity contribution in [1.82, 2.24) is 4.90 Å². The van der Waals surface area contributed by atoms with Gasteiger partial charge in [0.15, 0.2) is 0 Å². The molecule has 1 amide bonds. The Morgan fingerprint density at radius 3 is 2.70 bits per heavy atom. The van der Waals surface area contributed by atoms with Crippen LogP contribution in [0.4, 0.5) is 5.69 Å². The fraction of sp³-hybridized carbons (Fsp3) is 0.188. The maximum Gasteiger partial charge on any atom is 0.256 e. The van der Waals surface area contributed by atoms with Gasteiger partial charge in [-0.1, -0.05) is 45.8 Å². The molecule has 2 N–H and O–H groups in total. The van der Waals surface area contributed by atoms with Crippen molar-refractivity contribution in [2.75, 3.05) is 12.8 Å². The van der Waals surface area contributed by atoms with Crippen LogP contribution in [-0.4, -0.2) is 17.9 Å². The largest absolute Gasteiger partial charge is 0.398 e. The van der Waals surface area contributed by atoms with Crippen molar-refractivity contribution in [3.8, 4) is 0 Å². The predicted octanol–water partition coefficient (Wildman–Crippen LogP) is 3.61. The van der Waals surface area contributed by atoms with Gasteiger partial charge >= 0.3 is 0 Å². The Bertz CT molecular complexity index is 640. The highest BCUT2D eigenvalue weighted by Gasteiger charge is 2.15. The highest BCUT2D eigenvalue weighted by Crippen LogP contribution is 2.20. The van der Waals surface area contributed by atoms with E-state index in [4.69, 9.17) is 5.73 Å². The molecule has 4 heteroatoms. The van der Waals surface area contributed by atoms with Gasteiger partial charge in [-0.2, -0.15) is 0 Å². The second-order valence-electron chi connectivity index (χ2n) is 4.88. The summed E-state index contributed by atoms with van der Waals surface area (Å²) >= 11 is 3.36. The van der Waals surface area contributed by atoms with E-state index in [2.05, 4.69) is 22.0 Å². The van der Waals surface area contributed by atoms with Crippen LogP contribution in [-0.2, 0) is 6.54 Å². The molecule has 104 valence electrons. The lowest BCUT2D eigenvalue weighted by Gasteiger charge is -2.18. The van der Waals surface area contributed by atoms with Crippen LogP contribution < -0.4 is 5.73 Å². The number of amides is 1. The molecule has 0 unspecified atom stereocenters. The highest BCUT2D eigenvalue weighted by molar-refractivity contribution is 9.10. The Kier molecular flexibility index (Phi) is 4.45. The second kappa shape index (κ2) is 6.09. The first-order valence-corrected chi connectivity index (χ1v) is 7.12. The Balaban J connectivity index is 2.18. The lowest BCUT2D eigenvalue weighted by Crippen LogP contribution is -2.27. The van der Waals surface area contributed by atoms with Gasteiger partial charge in [0.2, 0.25) is 0 Å². The van der Waals surface area contributed by atoms with Crippen molar-refractivity contribution >= 4 is 27.5 Å². The summed E-state index contributed by atoms with van der Waals surface area (Å²) in [5.74, 6) is -0.0784. The summed E-state index contributed by atoms with van der Waals surface area (Å²) in [4.78, 5) is 14.1. The smallest absolute Gasteiger partial charge is 0.256 e. The number of aryl methyl sites for hydroxylation is 1. The number of carbonyl (C=O) groups is 1. The van der Waals surface area contributed by atoms with E-state index in [1.165, 1.54) is 5.56 Å². The number of carbonyl (C=O) groups excluding carboxylic acids is 1. The predicted molar refractivity (Wildman–Crippen MR) is 85.5 cm³/mol. The molecular formula is C16H17BrN2O. The Hall–Kier alpha value is -1.81. The van der Waals surface area contributed by atoms with Gasteiger partial charge in [0.05, 0.1) is 5.56 Å². The van der Waals surface area contributed by atoms with Crippen molar-refractivity contribution in [3.63, 3.8) is 0 Å². The summed E-state index contributed by atoms with van der Waals surface area (Å²) in [7, 11) is 1.78. The van der Waals surface area contributed by atoms with Crippen LogP contribution in [0.1, 0.15) is 21.5 Å². The molecule has 2 aromatic carbocycles. The van der Waals surface area contributed by atoms with E-state index in [0.29, 0.717) is 17.8 Å². The molecule has 2 aromatic rings. The maximum atomic E-state index is 12.4. The number of benzene rings is 2. The van der Waals surface area contributed by atoms with Crippen molar-refractivity contribution in [2.24, 2.45) is 0 Å². The van der Waals surface area contributed by atoms with Gasteiger partial charge in [-0.25, -0.2) is 0 Å². The molecule has 0 atom stereocenters. The van der Waals surface area contributed by atoms with E-state index in [-0.39, 0.29) is 5.91 Å². The second-order valence-corrected chi connectivity index (χ2v) is 5.80. The first-order chi connectivity index (χ1) is 9.47. The van der Waals surface area contributed by atoms with Crippen molar-refractivity contribution in [1.29, 1.82) is 0 Å². The van der Waals surface area contributed by atoms with Gasteiger partial charge in [0, 0.05) is 23.8 Å². The Morgan fingerprint density at radius 2 is 2.00 bits per heavy atom. The molecule has 0 heterocycles. The third kappa shape index (κ3) is 3.39. The number of hydrogen-bond donors (Lipinski definition) is 1. The molecule has 0 spiro atoms. The van der Waals surface area contributed by atoms with Crippen LogP contribution in [0.2, 0.25) is 0 Å². The van der Waals surface area contributed by atoms with Gasteiger partial charge in [0.1, 0.15) is 0 Å². The molecule has 2 rings (SSSR count). The van der Waals surface area contributed by atoms with Gasteiger partial charge in [0.25, 0.3) is 5.91 Å². The standard InChI is InChI=1S/C16H17BrN2O/c1-11-4-3-5-12(8-11)10-19(2)16(20)14-9-13(17)6-7-15(14)18/h3-9H,10,18H2,1-2H3. The van der Waals surface area contributed by atoms with Crippen LogP contribution >= 0.6 is 15.9 Å². The number of rotatable bonds is 3. The maximum absolute atomic E-state index is 12.4. The van der Waals surface area contributed by atoms with Crippen LogP contribution in [0.15, 0.2) is 46.9 Å². The first kappa shape index (κ1) is 14.6. The van der Waals surface area contributed by atoms with E-state index in [1.54, 1.807) is 24.1 Å². The van der Waals surface area contributed by atoms with Crippen LogP contribution in [0.5, 0.6) is 0 Å². The van der Waals surface area contributed by atoms with Gasteiger partial charge in [-0.3, -0.25) is 4.79 Å². The normalized spacial score (nSPS) is 10.3. The third-order valence-corrected chi connectivity index (χ3v) is 3.59. The number of hydrogen-bond acceptors (Lipinski definition) is 2. The van der Waals surface area contributed by atoms with E-state index < -0.39 is 0 Å². The molecule has 0 aromatic heterocycles. The van der Waals surface area contributed by atoms with Gasteiger partial charge in [-0.15, -0.1) is 0 Å². The minimum atomic E-state index is -0.0784. The summed E-state index contributed by atoms with van der Waals surface area (Å²) in [5, 5.41) is 0. The summed E-state index contributed by atoms with van der Waals surface area (Å²) in [6, 6.07) is 13.4. The molecule has 0 saturated carbocycles. The molecule has 0 radical (unpaired) electrons. The Morgan fingerprint density at radius 1 is 1.25 bits per heavy atom. The summed E-state index contributed by atoms with van der Waals surface area (Å²) in [5.41, 5.74) is 9.19. The molecular weight excluding hydrogens is 316 g/mol. The topological polar surface area (TPSA) is 46.3 Å². The zero-order valence-electron chi connectivity index (χ0n) is 11.6. The Labute approximate surface area is 127 Å². The highest BCUT2D eigenvalue weighted by atomic mass is 79.9. The van der Waals surface area contributed by atoms with Gasteiger partial charge in [-0.05, 0) is 30.7 Å². The molecule has 3 nitrogen and oxygen atoms in total. The van der Waals surface area contributed by atoms with Crippen LogP contribution in [0.25, 0.3) is 0 Å². The quantitative estimate of drug-likeness (QED) is 0.872. The fourth-order valence-electron chi connectivity index (χ4n) is 2.08. The molecule has 0 bridgehead atoms. The van der Waals surface area contributed by atoms with Crippen molar-refractivity contribution in [2.45, 2.75) is 13.5 Å². The number of nitrogens with zero attached hydrogens (tertiary/aromatic N) is 1. The van der Waals surface area contributed by atoms with Crippen LogP contribution in [0.3, 0.4) is 0 Å². The minimum absolute atomic E-state index is 0.0784. The van der Waals surface area contributed by atoms with Crippen LogP contribution in [0, 0.1) is 6.92 Å².